The lowest BCUT2D eigenvalue weighted by atomic mass is 10.1. The zero-order valence-corrected chi connectivity index (χ0v) is 10.2. The number of aromatic nitrogens is 2. The highest BCUT2D eigenvalue weighted by atomic mass is 15.3. The number of hydrogen-bond acceptors (Lipinski definition) is 2. The van der Waals surface area contributed by atoms with Crippen molar-refractivity contribution in [3.8, 4) is 0 Å². The van der Waals surface area contributed by atoms with Crippen LogP contribution < -0.4 is 5.32 Å². The van der Waals surface area contributed by atoms with Crippen LogP contribution in [-0.4, -0.2) is 22.9 Å². The van der Waals surface area contributed by atoms with Gasteiger partial charge in [-0.15, -0.1) is 0 Å². The molecule has 0 aliphatic heterocycles. The molecule has 3 nitrogen and oxygen atoms in total. The quantitative estimate of drug-likeness (QED) is 0.805. The molecule has 1 aliphatic carbocycles. The lowest BCUT2D eigenvalue weighted by Gasteiger charge is -2.21. The van der Waals surface area contributed by atoms with E-state index in [9.17, 15) is 0 Å². The first-order chi connectivity index (χ1) is 7.15. The van der Waals surface area contributed by atoms with E-state index in [0.29, 0.717) is 12.1 Å². The second-order valence-electron chi connectivity index (χ2n) is 4.63. The molecule has 1 aliphatic rings. The third-order valence-corrected chi connectivity index (χ3v) is 3.85. The normalized spacial score (nSPS) is 26.1. The van der Waals surface area contributed by atoms with Gasteiger partial charge in [0.05, 0.1) is 11.7 Å². The van der Waals surface area contributed by atoms with Crippen LogP contribution in [0.25, 0.3) is 0 Å². The molecule has 2 atom stereocenters. The third kappa shape index (κ3) is 1.69. The molecule has 1 fully saturated rings. The lowest BCUT2D eigenvalue weighted by Crippen LogP contribution is -2.31. The van der Waals surface area contributed by atoms with Gasteiger partial charge < -0.3 is 5.32 Å². The summed E-state index contributed by atoms with van der Waals surface area (Å²) in [5.74, 6) is 0. The minimum atomic E-state index is 0.558. The Bertz CT molecular complexity index is 354. The fourth-order valence-corrected chi connectivity index (χ4v) is 2.64. The smallest absolute Gasteiger partial charge is 0.0675 e. The Morgan fingerprint density at radius 3 is 2.53 bits per heavy atom. The van der Waals surface area contributed by atoms with Crippen LogP contribution in [0.15, 0.2) is 0 Å². The Balaban J connectivity index is 2.32. The van der Waals surface area contributed by atoms with Crippen LogP contribution in [0, 0.1) is 20.8 Å². The highest BCUT2D eigenvalue weighted by Crippen LogP contribution is 2.31. The summed E-state index contributed by atoms with van der Waals surface area (Å²) in [6.45, 7) is 6.44. The van der Waals surface area contributed by atoms with Crippen molar-refractivity contribution in [1.29, 1.82) is 0 Å². The van der Waals surface area contributed by atoms with Crippen LogP contribution in [0.1, 0.15) is 42.3 Å². The summed E-state index contributed by atoms with van der Waals surface area (Å²) in [7, 11) is 2.06. The summed E-state index contributed by atoms with van der Waals surface area (Å²) in [5.41, 5.74) is 3.85. The van der Waals surface area contributed by atoms with Gasteiger partial charge in [0.2, 0.25) is 0 Å². The van der Waals surface area contributed by atoms with Crippen molar-refractivity contribution >= 4 is 0 Å². The number of hydrogen-bond donors (Lipinski definition) is 1. The molecular formula is C12H21N3. The van der Waals surface area contributed by atoms with Crippen molar-refractivity contribution in [1.82, 2.24) is 15.1 Å². The van der Waals surface area contributed by atoms with Gasteiger partial charge in [0.15, 0.2) is 0 Å². The van der Waals surface area contributed by atoms with Crippen molar-refractivity contribution in [2.24, 2.45) is 0 Å². The Hall–Kier alpha value is -0.830. The number of nitrogens with zero attached hydrogens (tertiary/aromatic N) is 2. The number of rotatable bonds is 2. The van der Waals surface area contributed by atoms with Crippen molar-refractivity contribution in [3.63, 3.8) is 0 Å². The number of aryl methyl sites for hydroxylation is 1. The molecule has 1 N–H and O–H groups in total. The van der Waals surface area contributed by atoms with E-state index in [0.717, 1.165) is 0 Å². The van der Waals surface area contributed by atoms with E-state index in [1.807, 2.05) is 0 Å². The topological polar surface area (TPSA) is 29.9 Å². The van der Waals surface area contributed by atoms with Gasteiger partial charge in [0.25, 0.3) is 0 Å². The molecule has 0 bridgehead atoms. The summed E-state index contributed by atoms with van der Waals surface area (Å²) >= 11 is 0. The van der Waals surface area contributed by atoms with Crippen LogP contribution in [-0.2, 0) is 0 Å². The molecule has 0 spiro atoms. The van der Waals surface area contributed by atoms with E-state index in [4.69, 9.17) is 0 Å². The second kappa shape index (κ2) is 3.97. The van der Waals surface area contributed by atoms with Crippen LogP contribution in [0.5, 0.6) is 0 Å². The van der Waals surface area contributed by atoms with E-state index in [1.54, 1.807) is 0 Å². The Kier molecular flexibility index (Phi) is 2.83. The molecule has 15 heavy (non-hydrogen) atoms. The number of likely N-dealkylation sites (N-methyl/N-ethyl adjacent to an activating group) is 1. The molecule has 2 unspecified atom stereocenters. The Morgan fingerprint density at radius 1 is 1.27 bits per heavy atom. The molecule has 0 saturated heterocycles. The fourth-order valence-electron chi connectivity index (χ4n) is 2.64. The molecule has 1 aromatic rings. The third-order valence-electron chi connectivity index (χ3n) is 3.85. The highest BCUT2D eigenvalue weighted by molar-refractivity contribution is 5.23. The van der Waals surface area contributed by atoms with Crippen molar-refractivity contribution in [3.05, 3.63) is 17.0 Å². The van der Waals surface area contributed by atoms with E-state index in [1.165, 1.54) is 36.2 Å². The summed E-state index contributed by atoms with van der Waals surface area (Å²) in [5, 5.41) is 8.07. The zero-order valence-electron chi connectivity index (χ0n) is 10.2. The summed E-state index contributed by atoms with van der Waals surface area (Å²) in [4.78, 5) is 0. The molecule has 1 saturated carbocycles. The minimum absolute atomic E-state index is 0.558. The molecule has 3 heteroatoms. The maximum Gasteiger partial charge on any atom is 0.0675 e. The van der Waals surface area contributed by atoms with Crippen molar-refractivity contribution < 1.29 is 0 Å². The van der Waals surface area contributed by atoms with Crippen molar-refractivity contribution in [2.75, 3.05) is 7.05 Å². The molecule has 1 heterocycles. The SMILES string of the molecule is CNC1CCCC1n1nc(C)c(C)c1C. The highest BCUT2D eigenvalue weighted by Gasteiger charge is 2.29. The van der Waals surface area contributed by atoms with E-state index in [2.05, 4.69) is 42.9 Å². The monoisotopic (exact) mass is 207 g/mol. The van der Waals surface area contributed by atoms with Gasteiger partial charge >= 0.3 is 0 Å². The first-order valence-corrected chi connectivity index (χ1v) is 5.84. The van der Waals surface area contributed by atoms with Crippen molar-refractivity contribution in [2.45, 2.75) is 52.1 Å². The number of nitrogens with one attached hydrogen (secondary N) is 1. The molecule has 0 radical (unpaired) electrons. The molecule has 0 amide bonds. The second-order valence-corrected chi connectivity index (χ2v) is 4.63. The van der Waals surface area contributed by atoms with Gasteiger partial charge in [0, 0.05) is 11.7 Å². The maximum atomic E-state index is 4.67. The maximum absolute atomic E-state index is 4.67. The fraction of sp³-hybridized carbons (Fsp3) is 0.750. The Labute approximate surface area is 91.9 Å². The van der Waals surface area contributed by atoms with Gasteiger partial charge in [-0.25, -0.2) is 0 Å². The van der Waals surface area contributed by atoms with E-state index < -0.39 is 0 Å². The molecule has 1 aromatic heterocycles. The molecule has 2 rings (SSSR count). The standard InChI is InChI=1S/C12H21N3/c1-8-9(2)14-15(10(8)3)12-7-5-6-11(12)13-4/h11-13H,5-7H2,1-4H3. The molecule has 84 valence electrons. The summed E-state index contributed by atoms with van der Waals surface area (Å²) < 4.78 is 2.23. The lowest BCUT2D eigenvalue weighted by molar-refractivity contribution is 0.376. The Morgan fingerprint density at radius 2 is 2.00 bits per heavy atom. The van der Waals surface area contributed by atoms with Gasteiger partial charge in [0.1, 0.15) is 0 Å². The van der Waals surface area contributed by atoms with Crippen LogP contribution in [0.4, 0.5) is 0 Å². The summed E-state index contributed by atoms with van der Waals surface area (Å²) in [6, 6.07) is 1.16. The first kappa shape index (κ1) is 10.7. The predicted octanol–water partition coefficient (Wildman–Crippen LogP) is 2.12. The molecular weight excluding hydrogens is 186 g/mol. The largest absolute Gasteiger partial charge is 0.315 e. The molecule has 0 aromatic carbocycles. The van der Waals surface area contributed by atoms with Crippen LogP contribution in [0.2, 0.25) is 0 Å². The van der Waals surface area contributed by atoms with Crippen LogP contribution in [0.3, 0.4) is 0 Å². The average Bonchev–Trinajstić information content (AvgIpc) is 2.78. The minimum Gasteiger partial charge on any atom is -0.315 e. The van der Waals surface area contributed by atoms with Gasteiger partial charge in [-0.2, -0.15) is 5.10 Å². The first-order valence-electron chi connectivity index (χ1n) is 5.84. The average molecular weight is 207 g/mol. The summed E-state index contributed by atoms with van der Waals surface area (Å²) in [6.07, 6.45) is 3.85. The van der Waals surface area contributed by atoms with Crippen LogP contribution >= 0.6 is 0 Å². The predicted molar refractivity (Wildman–Crippen MR) is 62.2 cm³/mol. The van der Waals surface area contributed by atoms with E-state index >= 15 is 0 Å². The zero-order chi connectivity index (χ0) is 11.0. The van der Waals surface area contributed by atoms with Gasteiger partial charge in [-0.3, -0.25) is 4.68 Å². The van der Waals surface area contributed by atoms with Gasteiger partial charge in [-0.05, 0) is 52.6 Å². The van der Waals surface area contributed by atoms with Gasteiger partial charge in [-0.1, -0.05) is 0 Å². The van der Waals surface area contributed by atoms with E-state index in [-0.39, 0.29) is 0 Å².